The summed E-state index contributed by atoms with van der Waals surface area (Å²) in [7, 11) is 0. The minimum absolute atomic E-state index is 0.0335. The highest BCUT2D eigenvalue weighted by atomic mass is 16.4. The van der Waals surface area contributed by atoms with E-state index in [0.29, 0.717) is 6.42 Å². The summed E-state index contributed by atoms with van der Waals surface area (Å²) < 4.78 is 0. The van der Waals surface area contributed by atoms with E-state index < -0.39 is 23.9 Å². The van der Waals surface area contributed by atoms with Crippen LogP contribution < -0.4 is 0 Å². The Morgan fingerprint density at radius 1 is 0.562 bits per heavy atom. The molecule has 0 amide bonds. The third-order valence-electron chi connectivity index (χ3n) is 2.51. The molecule has 0 bridgehead atoms. The maximum absolute atomic E-state index is 9.60. The molecular weight excluding hydrogens is 428 g/mol. The van der Waals surface area contributed by atoms with Crippen LogP contribution in [-0.4, -0.2) is 79.4 Å². The maximum atomic E-state index is 9.60. The normalized spacial score (nSPS) is 8.25. The van der Waals surface area contributed by atoms with E-state index in [4.69, 9.17) is 35.7 Å². The van der Waals surface area contributed by atoms with Gasteiger partial charge < -0.3 is 35.7 Å². The Bertz CT molecular complexity index is 486. The molecule has 0 aromatic heterocycles. The van der Waals surface area contributed by atoms with Gasteiger partial charge in [-0.1, -0.05) is 26.3 Å². The Kier molecular flexibility index (Phi) is 31.6. The maximum Gasteiger partial charge on any atom is 0.330 e. The van der Waals surface area contributed by atoms with Crippen LogP contribution in [0.25, 0.3) is 0 Å². The van der Waals surface area contributed by atoms with E-state index in [-0.39, 0.29) is 48.0 Å². The largest absolute Gasteiger partial charge is 0.478 e. The highest BCUT2D eigenvalue weighted by Crippen LogP contribution is 1.97. The summed E-state index contributed by atoms with van der Waals surface area (Å²) >= 11 is 0. The fraction of sp³-hybridized carbons (Fsp3) is 0.429. The van der Waals surface area contributed by atoms with Crippen LogP contribution in [0.4, 0.5) is 0 Å². The van der Waals surface area contributed by atoms with Gasteiger partial charge in [0.25, 0.3) is 0 Å². The van der Waals surface area contributed by atoms with Crippen LogP contribution in [0.2, 0.25) is 0 Å². The molecule has 0 fully saturated rings. The number of aliphatic hydroxyl groups excluding tert-OH is 3. The third kappa shape index (κ3) is 45.5. The zero-order chi connectivity index (χ0) is 27.0. The Morgan fingerprint density at radius 3 is 0.750 bits per heavy atom. The first kappa shape index (κ1) is 39.2. The van der Waals surface area contributed by atoms with E-state index in [0.717, 1.165) is 0 Å². The molecule has 0 heterocycles. The molecule has 0 spiro atoms. The minimum atomic E-state index is -0.935. The van der Waals surface area contributed by atoms with Crippen molar-refractivity contribution in [1.29, 1.82) is 0 Å². The monoisotopic (exact) mass is 464 g/mol. The second-order valence-electron chi connectivity index (χ2n) is 6.09. The fourth-order valence-electron chi connectivity index (χ4n) is 0.423. The van der Waals surface area contributed by atoms with Gasteiger partial charge >= 0.3 is 23.9 Å². The van der Waals surface area contributed by atoms with Gasteiger partial charge in [0.15, 0.2) is 0 Å². The van der Waals surface area contributed by atoms with Gasteiger partial charge in [0.1, 0.15) is 0 Å². The van der Waals surface area contributed by atoms with Gasteiger partial charge in [-0.3, -0.25) is 0 Å². The zero-order valence-electron chi connectivity index (χ0n) is 19.0. The summed E-state index contributed by atoms with van der Waals surface area (Å²) in [6, 6.07) is 0. The minimum Gasteiger partial charge on any atom is -0.478 e. The van der Waals surface area contributed by atoms with Crippen molar-refractivity contribution < 1.29 is 54.9 Å². The molecule has 11 heteroatoms. The quantitative estimate of drug-likeness (QED) is 0.256. The first-order chi connectivity index (χ1) is 14.4. The van der Waals surface area contributed by atoms with Gasteiger partial charge in [0.05, 0.1) is 0 Å². The van der Waals surface area contributed by atoms with E-state index >= 15 is 0 Å². The Hall–Kier alpha value is -3.28. The second-order valence-corrected chi connectivity index (χ2v) is 6.09. The smallest absolute Gasteiger partial charge is 0.330 e. The fourth-order valence-corrected chi connectivity index (χ4v) is 0.423. The van der Waals surface area contributed by atoms with E-state index in [1.807, 2.05) is 0 Å². The van der Waals surface area contributed by atoms with Gasteiger partial charge in [-0.25, -0.2) is 19.2 Å². The molecule has 0 unspecified atom stereocenters. The molecule has 0 aromatic carbocycles. The second kappa shape index (κ2) is 25.8. The van der Waals surface area contributed by atoms with Crippen molar-refractivity contribution in [1.82, 2.24) is 0 Å². The molecule has 11 nitrogen and oxygen atoms in total. The first-order valence-corrected chi connectivity index (χ1v) is 8.80. The van der Waals surface area contributed by atoms with E-state index in [1.54, 1.807) is 0 Å². The summed E-state index contributed by atoms with van der Waals surface area (Å²) in [6.45, 7) is 18.4. The van der Waals surface area contributed by atoms with Gasteiger partial charge in [-0.05, 0) is 34.1 Å². The predicted molar refractivity (Wildman–Crippen MR) is 119 cm³/mol. The van der Waals surface area contributed by atoms with Gasteiger partial charge in [-0.15, -0.1) is 0 Å². The molecule has 0 aliphatic heterocycles. The lowest BCUT2D eigenvalue weighted by Gasteiger charge is -2.06. The summed E-state index contributed by atoms with van der Waals surface area (Å²) in [5.41, 5.74) is 0.704. The number of hydrogen-bond acceptors (Lipinski definition) is 7. The number of rotatable bonds is 8. The highest BCUT2D eigenvalue weighted by Gasteiger charge is 2.02. The molecule has 0 saturated carbocycles. The van der Waals surface area contributed by atoms with Crippen molar-refractivity contribution in [2.75, 3.05) is 19.8 Å². The molecule has 0 saturated heterocycles. The van der Waals surface area contributed by atoms with Crippen molar-refractivity contribution in [3.05, 3.63) is 48.6 Å². The molecule has 0 atom stereocenters. The first-order valence-electron chi connectivity index (χ1n) is 8.80. The molecule has 0 radical (unpaired) electrons. The number of carbonyl (C=O) groups is 4. The average molecular weight is 465 g/mol. The third-order valence-corrected chi connectivity index (χ3v) is 2.51. The average Bonchev–Trinajstić information content (AvgIpc) is 2.67. The predicted octanol–water partition coefficient (Wildman–Crippen LogP) is 1.56. The van der Waals surface area contributed by atoms with Crippen LogP contribution in [0, 0.1) is 5.92 Å². The van der Waals surface area contributed by atoms with E-state index in [2.05, 4.69) is 26.3 Å². The van der Waals surface area contributed by atoms with Crippen LogP contribution in [0.15, 0.2) is 48.6 Å². The van der Waals surface area contributed by atoms with Gasteiger partial charge in [0.2, 0.25) is 0 Å². The van der Waals surface area contributed by atoms with Crippen LogP contribution in [0.3, 0.4) is 0 Å². The zero-order valence-corrected chi connectivity index (χ0v) is 19.0. The van der Waals surface area contributed by atoms with Crippen molar-refractivity contribution in [2.45, 2.75) is 34.1 Å². The molecule has 7 N–H and O–H groups in total. The van der Waals surface area contributed by atoms with E-state index in [9.17, 15) is 19.2 Å². The van der Waals surface area contributed by atoms with Crippen molar-refractivity contribution >= 4 is 23.9 Å². The number of aliphatic carboxylic acids is 4. The molecule has 32 heavy (non-hydrogen) atoms. The van der Waals surface area contributed by atoms with Gasteiger partial charge in [-0.2, -0.15) is 0 Å². The lowest BCUT2D eigenvalue weighted by atomic mass is 10.1. The molecule has 0 aromatic rings. The molecule has 186 valence electrons. The van der Waals surface area contributed by atoms with Crippen LogP contribution in [0.1, 0.15) is 34.1 Å². The van der Waals surface area contributed by atoms with Gasteiger partial charge in [0, 0.05) is 48.0 Å². The highest BCUT2D eigenvalue weighted by molar-refractivity contribution is 5.85. The Labute approximate surface area is 188 Å². The van der Waals surface area contributed by atoms with Crippen LogP contribution >= 0.6 is 0 Å². The molecule has 0 aliphatic carbocycles. The molecule has 0 rings (SSSR count). The number of carboxylic acids is 4. The topological polar surface area (TPSA) is 210 Å². The van der Waals surface area contributed by atoms with Crippen molar-refractivity contribution in [3.8, 4) is 0 Å². The summed E-state index contributed by atoms with van der Waals surface area (Å²) in [4.78, 5) is 38.4. The summed E-state index contributed by atoms with van der Waals surface area (Å²) in [5.74, 6) is -3.88. The molecule has 0 aliphatic rings. The van der Waals surface area contributed by atoms with E-state index in [1.165, 1.54) is 27.7 Å². The SMILES string of the molecule is C=C(C)C(=O)O.C=C(C)C(=O)O.C=C(C)C(=O)O.C=C(C)C(=O)O.OCCC(CO)CO. The lowest BCUT2D eigenvalue weighted by Crippen LogP contribution is -2.12. The Balaban J connectivity index is -0.0000000955. The lowest BCUT2D eigenvalue weighted by molar-refractivity contribution is -0.133. The van der Waals surface area contributed by atoms with Crippen LogP contribution in [0.5, 0.6) is 0 Å². The van der Waals surface area contributed by atoms with Crippen molar-refractivity contribution in [2.24, 2.45) is 5.92 Å². The number of hydrogen-bond donors (Lipinski definition) is 7. The summed E-state index contributed by atoms with van der Waals surface area (Å²) in [6.07, 6.45) is 0.479. The Morgan fingerprint density at radius 2 is 0.719 bits per heavy atom. The number of aliphatic hydroxyl groups is 3. The van der Waals surface area contributed by atoms with Crippen molar-refractivity contribution in [3.63, 3.8) is 0 Å². The summed E-state index contributed by atoms with van der Waals surface area (Å²) in [5, 5.41) is 56.6. The number of carboxylic acid groups (broad SMARTS) is 4. The standard InChI is InChI=1S/C5H12O3.4C4H6O2/c6-2-1-5(3-7)4-8;4*1-3(2)4(5)6/h5-8H,1-4H2;4*1H2,2H3,(H,5,6). The molecular formula is C21H36O11. The van der Waals surface area contributed by atoms with Crippen LogP contribution in [-0.2, 0) is 19.2 Å².